The molecule has 0 saturated carbocycles. The van der Waals surface area contributed by atoms with Gasteiger partial charge in [-0.3, -0.25) is 0 Å². The van der Waals surface area contributed by atoms with Crippen molar-refractivity contribution in [1.82, 2.24) is 4.98 Å². The van der Waals surface area contributed by atoms with Crippen molar-refractivity contribution in [3.05, 3.63) is 45.0 Å². The van der Waals surface area contributed by atoms with Gasteiger partial charge in [0.2, 0.25) is 0 Å². The van der Waals surface area contributed by atoms with E-state index in [1.165, 1.54) is 17.3 Å². The van der Waals surface area contributed by atoms with E-state index in [4.69, 9.17) is 34.8 Å². The minimum Gasteiger partial charge on any atom is -0.356 e. The summed E-state index contributed by atoms with van der Waals surface area (Å²) in [5.74, 6) is 0. The highest BCUT2D eigenvalue weighted by Gasteiger charge is 2.08. The van der Waals surface area contributed by atoms with Gasteiger partial charge >= 0.3 is 0 Å². The Labute approximate surface area is 113 Å². The molecule has 0 bridgehead atoms. The first-order valence-electron chi connectivity index (χ1n) is 4.53. The highest BCUT2D eigenvalue weighted by atomic mass is 35.5. The van der Waals surface area contributed by atoms with Gasteiger partial charge in [-0.05, 0) is 30.7 Å². The fourth-order valence-corrected chi connectivity index (χ4v) is 2.90. The van der Waals surface area contributed by atoms with E-state index in [-0.39, 0.29) is 0 Å². The number of H-pyrrole nitrogens is 1. The molecule has 0 saturated heterocycles. The van der Waals surface area contributed by atoms with E-state index in [0.29, 0.717) is 15.1 Å². The average molecular weight is 293 g/mol. The van der Waals surface area contributed by atoms with Crippen LogP contribution < -0.4 is 0 Å². The maximum Gasteiger partial charge on any atom is 0.0773 e. The Morgan fingerprint density at radius 1 is 1.00 bits per heavy atom. The van der Waals surface area contributed by atoms with Crippen LogP contribution in [0.15, 0.2) is 34.3 Å². The summed E-state index contributed by atoms with van der Waals surface area (Å²) in [6.07, 6.45) is 1.94. The van der Waals surface area contributed by atoms with E-state index in [0.717, 1.165) is 9.92 Å². The second-order valence-electron chi connectivity index (χ2n) is 3.34. The van der Waals surface area contributed by atoms with Crippen molar-refractivity contribution < 1.29 is 0 Å². The molecule has 1 N–H and O–H groups in total. The number of aryl methyl sites for hydroxylation is 1. The van der Waals surface area contributed by atoms with Gasteiger partial charge in [-0.2, -0.15) is 0 Å². The van der Waals surface area contributed by atoms with Gasteiger partial charge in [0.05, 0.1) is 20.1 Å². The third-order valence-electron chi connectivity index (χ3n) is 2.00. The Balaban J connectivity index is 2.31. The molecule has 16 heavy (non-hydrogen) atoms. The fourth-order valence-electron chi connectivity index (χ4n) is 1.23. The topological polar surface area (TPSA) is 15.8 Å². The summed E-state index contributed by atoms with van der Waals surface area (Å²) in [7, 11) is 0. The smallest absolute Gasteiger partial charge is 0.0773 e. The first-order valence-corrected chi connectivity index (χ1v) is 6.48. The Kier molecular flexibility index (Phi) is 3.75. The van der Waals surface area contributed by atoms with E-state index in [1.807, 2.05) is 19.2 Å². The van der Waals surface area contributed by atoms with Crippen LogP contribution in [0.4, 0.5) is 0 Å². The number of rotatable bonds is 2. The van der Waals surface area contributed by atoms with Crippen LogP contribution in [0.1, 0.15) is 5.56 Å². The molecule has 1 aromatic heterocycles. The summed E-state index contributed by atoms with van der Waals surface area (Å²) < 4.78 is 0. The molecule has 0 radical (unpaired) electrons. The van der Waals surface area contributed by atoms with Gasteiger partial charge in [0.1, 0.15) is 0 Å². The molecule has 2 aromatic rings. The van der Waals surface area contributed by atoms with Crippen molar-refractivity contribution in [3.63, 3.8) is 0 Å². The molecular weight excluding hydrogens is 285 g/mol. The van der Waals surface area contributed by atoms with E-state index in [1.54, 1.807) is 12.1 Å². The normalized spacial score (nSPS) is 10.8. The number of hydrogen-bond acceptors (Lipinski definition) is 1. The zero-order valence-corrected chi connectivity index (χ0v) is 11.4. The Morgan fingerprint density at radius 2 is 1.69 bits per heavy atom. The lowest BCUT2D eigenvalue weighted by Gasteiger charge is -2.04. The average Bonchev–Trinajstić information content (AvgIpc) is 2.60. The van der Waals surface area contributed by atoms with Gasteiger partial charge in [-0.15, -0.1) is 0 Å². The minimum atomic E-state index is 0.471. The van der Waals surface area contributed by atoms with Gasteiger partial charge in [0.15, 0.2) is 0 Å². The van der Waals surface area contributed by atoms with Crippen molar-refractivity contribution in [2.24, 2.45) is 0 Å². The van der Waals surface area contributed by atoms with Crippen LogP contribution in [0.2, 0.25) is 15.1 Å². The molecule has 2 rings (SSSR count). The SMILES string of the molecule is Cc1c[nH]c(Sc2cc(Cl)c(Cl)cc2Cl)c1. The molecule has 0 aliphatic rings. The highest BCUT2D eigenvalue weighted by molar-refractivity contribution is 7.99. The quantitative estimate of drug-likeness (QED) is 0.729. The summed E-state index contributed by atoms with van der Waals surface area (Å²) in [5, 5.41) is 2.61. The summed E-state index contributed by atoms with van der Waals surface area (Å²) in [6.45, 7) is 2.02. The van der Waals surface area contributed by atoms with Crippen LogP contribution in [0.5, 0.6) is 0 Å². The molecule has 0 fully saturated rings. The lowest BCUT2D eigenvalue weighted by atomic mass is 10.4. The second-order valence-corrected chi connectivity index (χ2v) is 5.65. The van der Waals surface area contributed by atoms with E-state index >= 15 is 0 Å². The van der Waals surface area contributed by atoms with Gasteiger partial charge in [0.25, 0.3) is 0 Å². The molecule has 1 heterocycles. The van der Waals surface area contributed by atoms with Crippen LogP contribution in [0, 0.1) is 6.92 Å². The van der Waals surface area contributed by atoms with E-state index in [9.17, 15) is 0 Å². The standard InChI is InChI=1S/C11H8Cl3NS/c1-6-2-11(15-5-6)16-10-4-8(13)7(12)3-9(10)14/h2-5,15H,1H3. The third-order valence-corrected chi connectivity index (χ3v) is 4.16. The van der Waals surface area contributed by atoms with Crippen molar-refractivity contribution >= 4 is 46.6 Å². The monoisotopic (exact) mass is 291 g/mol. The largest absolute Gasteiger partial charge is 0.356 e. The number of halogens is 3. The molecule has 0 aliphatic carbocycles. The Morgan fingerprint density at radius 3 is 2.31 bits per heavy atom. The maximum absolute atomic E-state index is 6.08. The molecule has 5 heteroatoms. The van der Waals surface area contributed by atoms with Crippen LogP contribution in [-0.4, -0.2) is 4.98 Å². The van der Waals surface area contributed by atoms with Crippen LogP contribution in [0.3, 0.4) is 0 Å². The summed E-state index contributed by atoms with van der Waals surface area (Å²) >= 11 is 19.4. The molecule has 0 spiro atoms. The van der Waals surface area contributed by atoms with E-state index in [2.05, 4.69) is 4.98 Å². The zero-order chi connectivity index (χ0) is 11.7. The molecule has 1 nitrogen and oxygen atoms in total. The zero-order valence-electron chi connectivity index (χ0n) is 8.35. The molecule has 84 valence electrons. The summed E-state index contributed by atoms with van der Waals surface area (Å²) in [4.78, 5) is 4.03. The highest BCUT2D eigenvalue weighted by Crippen LogP contribution is 2.37. The van der Waals surface area contributed by atoms with Crippen molar-refractivity contribution in [2.45, 2.75) is 16.8 Å². The van der Waals surface area contributed by atoms with Gasteiger partial charge < -0.3 is 4.98 Å². The van der Waals surface area contributed by atoms with Crippen LogP contribution in [0.25, 0.3) is 0 Å². The van der Waals surface area contributed by atoms with Crippen LogP contribution in [-0.2, 0) is 0 Å². The van der Waals surface area contributed by atoms with Crippen molar-refractivity contribution in [3.8, 4) is 0 Å². The Hall–Kier alpha value is -0.280. The summed E-state index contributed by atoms with van der Waals surface area (Å²) in [5.41, 5.74) is 1.18. The Bertz CT molecular complexity index is 522. The predicted octanol–water partition coefficient (Wildman–Crippen LogP) is 5.43. The molecule has 0 aliphatic heterocycles. The number of nitrogens with one attached hydrogen (secondary N) is 1. The summed E-state index contributed by atoms with van der Waals surface area (Å²) in [6, 6.07) is 5.47. The maximum atomic E-state index is 6.08. The van der Waals surface area contributed by atoms with E-state index < -0.39 is 0 Å². The number of benzene rings is 1. The number of hydrogen-bond donors (Lipinski definition) is 1. The molecular formula is C11H8Cl3NS. The first kappa shape index (κ1) is 12.2. The lowest BCUT2D eigenvalue weighted by molar-refractivity contribution is 1.20. The fraction of sp³-hybridized carbons (Fsp3) is 0.0909. The van der Waals surface area contributed by atoms with Crippen molar-refractivity contribution in [1.29, 1.82) is 0 Å². The van der Waals surface area contributed by atoms with Crippen LogP contribution >= 0.6 is 46.6 Å². The van der Waals surface area contributed by atoms with Gasteiger partial charge in [0, 0.05) is 11.1 Å². The number of aromatic amines is 1. The van der Waals surface area contributed by atoms with Gasteiger partial charge in [-0.25, -0.2) is 0 Å². The molecule has 0 amide bonds. The molecule has 1 aromatic carbocycles. The van der Waals surface area contributed by atoms with Crippen molar-refractivity contribution in [2.75, 3.05) is 0 Å². The third kappa shape index (κ3) is 2.69. The minimum absolute atomic E-state index is 0.471. The second kappa shape index (κ2) is 4.92. The predicted molar refractivity (Wildman–Crippen MR) is 71.1 cm³/mol. The molecule has 0 atom stereocenters. The molecule has 0 unspecified atom stereocenters. The number of aromatic nitrogens is 1. The first-order chi connectivity index (χ1) is 7.56. The lowest BCUT2D eigenvalue weighted by Crippen LogP contribution is -1.77. The van der Waals surface area contributed by atoms with Gasteiger partial charge in [-0.1, -0.05) is 46.6 Å².